The molecule has 1 fully saturated rings. The molecule has 0 spiro atoms. The Bertz CT molecular complexity index is 557. The number of nitrogens with zero attached hydrogens (tertiary/aromatic N) is 1. The second-order valence-electron chi connectivity index (χ2n) is 5.51. The molecule has 0 aliphatic heterocycles. The van der Waals surface area contributed by atoms with E-state index in [2.05, 4.69) is 0 Å². The van der Waals surface area contributed by atoms with E-state index in [-0.39, 0.29) is 29.3 Å². The fourth-order valence-electron chi connectivity index (χ4n) is 2.62. The summed E-state index contributed by atoms with van der Waals surface area (Å²) >= 11 is 1.40. The van der Waals surface area contributed by atoms with E-state index < -0.39 is 4.92 Å². The maximum atomic E-state index is 11.8. The van der Waals surface area contributed by atoms with Crippen molar-refractivity contribution in [2.75, 3.05) is 12.9 Å². The number of hydrogen-bond acceptors (Lipinski definition) is 6. The molecule has 23 heavy (non-hydrogen) atoms. The quantitative estimate of drug-likeness (QED) is 0.428. The van der Waals surface area contributed by atoms with E-state index in [1.165, 1.54) is 31.4 Å². The molecule has 1 aromatic rings. The minimum atomic E-state index is -0.468. The molecule has 1 aliphatic rings. The van der Waals surface area contributed by atoms with Gasteiger partial charge in [0.05, 0.1) is 17.8 Å². The highest BCUT2D eigenvalue weighted by molar-refractivity contribution is 7.99. The van der Waals surface area contributed by atoms with Crippen molar-refractivity contribution in [1.29, 1.82) is 0 Å². The molecule has 1 aliphatic carbocycles. The predicted molar refractivity (Wildman–Crippen MR) is 88.8 cm³/mol. The van der Waals surface area contributed by atoms with Gasteiger partial charge in [-0.3, -0.25) is 14.9 Å². The van der Waals surface area contributed by atoms with Gasteiger partial charge in [0.2, 0.25) is 0 Å². The van der Waals surface area contributed by atoms with Gasteiger partial charge in [0.25, 0.3) is 0 Å². The van der Waals surface area contributed by atoms with E-state index in [1.54, 1.807) is 12.1 Å². The van der Waals surface area contributed by atoms with Gasteiger partial charge < -0.3 is 9.47 Å². The number of benzene rings is 1. The number of methoxy groups -OCH3 is 1. The van der Waals surface area contributed by atoms with Crippen molar-refractivity contribution in [2.45, 2.75) is 44.0 Å². The minimum absolute atomic E-state index is 0.0598. The van der Waals surface area contributed by atoms with Crippen LogP contribution in [-0.4, -0.2) is 29.9 Å². The van der Waals surface area contributed by atoms with Crippen molar-refractivity contribution in [3.8, 4) is 5.75 Å². The van der Waals surface area contributed by atoms with E-state index in [4.69, 9.17) is 9.47 Å². The summed E-state index contributed by atoms with van der Waals surface area (Å²) in [7, 11) is 1.40. The number of carbonyl (C=O) groups excluding carboxylic acids is 1. The number of rotatable bonds is 7. The smallest absolute Gasteiger partial charge is 0.316 e. The van der Waals surface area contributed by atoms with E-state index in [0.717, 1.165) is 31.2 Å². The van der Waals surface area contributed by atoms with Crippen molar-refractivity contribution in [1.82, 2.24) is 0 Å². The molecule has 0 heterocycles. The summed E-state index contributed by atoms with van der Waals surface area (Å²) in [6.07, 6.45) is 5.46. The Labute approximate surface area is 139 Å². The summed E-state index contributed by atoms with van der Waals surface area (Å²) in [4.78, 5) is 22.3. The van der Waals surface area contributed by atoms with Crippen LogP contribution in [0.5, 0.6) is 5.75 Å². The highest BCUT2D eigenvalue weighted by atomic mass is 32.2. The minimum Gasteiger partial charge on any atom is -0.490 e. The maximum Gasteiger partial charge on any atom is 0.316 e. The van der Waals surface area contributed by atoms with Crippen LogP contribution in [0, 0.1) is 10.1 Å². The van der Waals surface area contributed by atoms with Crippen molar-refractivity contribution < 1.29 is 19.2 Å². The second-order valence-corrected chi connectivity index (χ2v) is 6.49. The first-order valence-electron chi connectivity index (χ1n) is 7.68. The van der Waals surface area contributed by atoms with E-state index in [1.807, 2.05) is 0 Å². The van der Waals surface area contributed by atoms with Gasteiger partial charge in [0.1, 0.15) is 6.10 Å². The topological polar surface area (TPSA) is 78.7 Å². The number of carbonyl (C=O) groups is 1. The third kappa shape index (κ3) is 5.42. The van der Waals surface area contributed by atoms with Crippen LogP contribution in [0.1, 0.15) is 37.7 Å². The van der Waals surface area contributed by atoms with Gasteiger partial charge in [-0.15, -0.1) is 11.8 Å². The summed E-state index contributed by atoms with van der Waals surface area (Å²) in [5.41, 5.74) is 0.725. The van der Waals surface area contributed by atoms with Gasteiger partial charge in [-0.1, -0.05) is 12.5 Å². The van der Waals surface area contributed by atoms with Crippen LogP contribution in [0.4, 0.5) is 5.69 Å². The lowest BCUT2D eigenvalue weighted by molar-refractivity contribution is -0.385. The van der Waals surface area contributed by atoms with E-state index >= 15 is 0 Å². The SMILES string of the molecule is COc1ccc(CSCC(=O)OC2CCCCC2)cc1[N+](=O)[O-]. The lowest BCUT2D eigenvalue weighted by Gasteiger charge is -2.21. The van der Waals surface area contributed by atoms with E-state index in [9.17, 15) is 14.9 Å². The van der Waals surface area contributed by atoms with Gasteiger partial charge in [0.15, 0.2) is 5.75 Å². The maximum absolute atomic E-state index is 11.8. The van der Waals surface area contributed by atoms with Crippen LogP contribution in [0.2, 0.25) is 0 Å². The number of ether oxygens (including phenoxy) is 2. The van der Waals surface area contributed by atoms with Crippen LogP contribution in [-0.2, 0) is 15.3 Å². The Morgan fingerprint density at radius 1 is 1.35 bits per heavy atom. The molecule has 1 saturated carbocycles. The average molecular weight is 339 g/mol. The first kappa shape index (κ1) is 17.6. The fourth-order valence-corrected chi connectivity index (χ4v) is 3.38. The molecule has 0 N–H and O–H groups in total. The highest BCUT2D eigenvalue weighted by Crippen LogP contribution is 2.29. The molecule has 0 bridgehead atoms. The normalized spacial score (nSPS) is 15.2. The van der Waals surface area contributed by atoms with Crippen LogP contribution in [0.15, 0.2) is 18.2 Å². The molecule has 0 amide bonds. The molecule has 0 radical (unpaired) electrons. The molecule has 2 rings (SSSR count). The number of thioether (sulfide) groups is 1. The third-order valence-corrected chi connectivity index (χ3v) is 4.76. The number of hydrogen-bond donors (Lipinski definition) is 0. The Kier molecular flexibility index (Phi) is 6.70. The molecule has 0 atom stereocenters. The van der Waals surface area contributed by atoms with Crippen molar-refractivity contribution in [3.05, 3.63) is 33.9 Å². The van der Waals surface area contributed by atoms with Crippen LogP contribution >= 0.6 is 11.8 Å². The van der Waals surface area contributed by atoms with Crippen LogP contribution in [0.3, 0.4) is 0 Å². The fraction of sp³-hybridized carbons (Fsp3) is 0.562. The summed E-state index contributed by atoms with van der Waals surface area (Å²) in [5, 5.41) is 11.0. The summed E-state index contributed by atoms with van der Waals surface area (Å²) in [5.74, 6) is 0.811. The van der Waals surface area contributed by atoms with Gasteiger partial charge in [-0.2, -0.15) is 0 Å². The second kappa shape index (κ2) is 8.76. The molecule has 6 nitrogen and oxygen atoms in total. The first-order chi connectivity index (χ1) is 11.1. The van der Waals surface area contributed by atoms with Gasteiger partial charge in [-0.05, 0) is 37.3 Å². The number of nitro groups is 1. The molecular formula is C16H21NO5S. The Morgan fingerprint density at radius 2 is 2.09 bits per heavy atom. The Balaban J connectivity index is 1.80. The van der Waals surface area contributed by atoms with E-state index in [0.29, 0.717) is 5.75 Å². The molecule has 0 aromatic heterocycles. The average Bonchev–Trinajstić information content (AvgIpc) is 2.55. The third-order valence-electron chi connectivity index (χ3n) is 3.78. The zero-order chi connectivity index (χ0) is 16.7. The van der Waals surface area contributed by atoms with Crippen molar-refractivity contribution >= 4 is 23.4 Å². The summed E-state index contributed by atoms with van der Waals surface area (Å²) < 4.78 is 10.4. The molecular weight excluding hydrogens is 318 g/mol. The standard InChI is InChI=1S/C16H21NO5S/c1-21-15-8-7-12(9-14(15)17(19)20)10-23-11-16(18)22-13-5-3-2-4-6-13/h7-9,13H,2-6,10-11H2,1H3. The number of esters is 1. The Morgan fingerprint density at radius 3 is 2.74 bits per heavy atom. The predicted octanol–water partition coefficient (Wildman–Crippen LogP) is 3.71. The first-order valence-corrected chi connectivity index (χ1v) is 8.84. The molecule has 126 valence electrons. The van der Waals surface area contributed by atoms with Crippen molar-refractivity contribution in [3.63, 3.8) is 0 Å². The van der Waals surface area contributed by atoms with Crippen LogP contribution in [0.25, 0.3) is 0 Å². The van der Waals surface area contributed by atoms with Crippen LogP contribution < -0.4 is 4.74 Å². The van der Waals surface area contributed by atoms with Gasteiger partial charge in [-0.25, -0.2) is 0 Å². The lowest BCUT2D eigenvalue weighted by atomic mass is 9.98. The highest BCUT2D eigenvalue weighted by Gasteiger charge is 2.18. The lowest BCUT2D eigenvalue weighted by Crippen LogP contribution is -2.21. The number of nitro benzene ring substituents is 1. The molecule has 1 aromatic carbocycles. The summed E-state index contributed by atoms with van der Waals surface area (Å²) in [6, 6.07) is 4.83. The zero-order valence-corrected chi connectivity index (χ0v) is 14.0. The molecule has 0 saturated heterocycles. The van der Waals surface area contributed by atoms with Crippen molar-refractivity contribution in [2.24, 2.45) is 0 Å². The zero-order valence-electron chi connectivity index (χ0n) is 13.2. The largest absolute Gasteiger partial charge is 0.490 e. The Hall–Kier alpha value is -1.76. The molecule has 0 unspecified atom stereocenters. The summed E-state index contributed by atoms with van der Waals surface area (Å²) in [6.45, 7) is 0. The van der Waals surface area contributed by atoms with Gasteiger partial charge >= 0.3 is 11.7 Å². The van der Waals surface area contributed by atoms with Gasteiger partial charge in [0, 0.05) is 11.8 Å². The molecule has 7 heteroatoms. The monoisotopic (exact) mass is 339 g/mol.